The van der Waals surface area contributed by atoms with Gasteiger partial charge in [-0.05, 0) is 26.0 Å². The van der Waals surface area contributed by atoms with E-state index in [1.807, 2.05) is 0 Å². The predicted octanol–water partition coefficient (Wildman–Crippen LogP) is 2.05. The lowest BCUT2D eigenvalue weighted by atomic mass is 9.99. The monoisotopic (exact) mass is 271 g/mol. The summed E-state index contributed by atoms with van der Waals surface area (Å²) in [5.74, 6) is -0.137. The first-order chi connectivity index (χ1) is 8.56. The normalized spacial score (nSPS) is 24.7. The lowest BCUT2D eigenvalue weighted by Gasteiger charge is -2.30. The Morgan fingerprint density at radius 3 is 2.67 bits per heavy atom. The summed E-state index contributed by atoms with van der Waals surface area (Å²) in [5.41, 5.74) is 0.440. The minimum absolute atomic E-state index is 0.213. The van der Waals surface area contributed by atoms with Crippen LogP contribution >= 0.6 is 0 Å². The largest absolute Gasteiger partial charge is 0.312 e. The van der Waals surface area contributed by atoms with Crippen molar-refractivity contribution in [2.45, 2.75) is 30.6 Å². The van der Waals surface area contributed by atoms with Crippen LogP contribution in [0.25, 0.3) is 0 Å². The third kappa shape index (κ3) is 2.57. The molecule has 0 bridgehead atoms. The van der Waals surface area contributed by atoms with E-state index >= 15 is 0 Å². The van der Waals surface area contributed by atoms with Gasteiger partial charge in [0.2, 0.25) is 0 Å². The van der Waals surface area contributed by atoms with Crippen LogP contribution in [-0.2, 0) is 9.84 Å². The van der Waals surface area contributed by atoms with Gasteiger partial charge in [-0.25, -0.2) is 12.8 Å². The van der Waals surface area contributed by atoms with Crippen molar-refractivity contribution in [3.8, 4) is 0 Å². The van der Waals surface area contributed by atoms with Gasteiger partial charge in [-0.1, -0.05) is 24.6 Å². The summed E-state index contributed by atoms with van der Waals surface area (Å²) in [4.78, 5) is 0. The first-order valence-electron chi connectivity index (χ1n) is 6.19. The Morgan fingerprint density at radius 1 is 1.33 bits per heavy atom. The quantitative estimate of drug-likeness (QED) is 0.915. The highest BCUT2D eigenvalue weighted by atomic mass is 32.2. The molecule has 2 rings (SSSR count). The zero-order valence-corrected chi connectivity index (χ0v) is 11.2. The van der Waals surface area contributed by atoms with Gasteiger partial charge >= 0.3 is 0 Å². The predicted molar refractivity (Wildman–Crippen MR) is 69.6 cm³/mol. The summed E-state index contributed by atoms with van der Waals surface area (Å²) in [6.07, 6.45) is 2.20. The van der Waals surface area contributed by atoms with Crippen LogP contribution in [-0.4, -0.2) is 26.5 Å². The zero-order chi connectivity index (χ0) is 13.2. The van der Waals surface area contributed by atoms with Gasteiger partial charge in [0.1, 0.15) is 5.82 Å². The molecule has 100 valence electrons. The Balaban J connectivity index is 2.37. The molecule has 5 heteroatoms. The second kappa shape index (κ2) is 5.36. The molecule has 0 aromatic heterocycles. The summed E-state index contributed by atoms with van der Waals surface area (Å²) in [5, 5.41) is 2.45. The lowest BCUT2D eigenvalue weighted by molar-refractivity contribution is 0.455. The van der Waals surface area contributed by atoms with Gasteiger partial charge in [-0.3, -0.25) is 0 Å². The zero-order valence-electron chi connectivity index (χ0n) is 10.4. The summed E-state index contributed by atoms with van der Waals surface area (Å²) in [6, 6.07) is 5.91. The number of hydrogen-bond acceptors (Lipinski definition) is 3. The minimum Gasteiger partial charge on any atom is -0.312 e. The van der Waals surface area contributed by atoms with Gasteiger partial charge in [-0.2, -0.15) is 0 Å². The molecule has 1 aromatic carbocycles. The summed E-state index contributed by atoms with van der Waals surface area (Å²) < 4.78 is 38.0. The number of benzene rings is 1. The number of nitrogens with one attached hydrogen (secondary N) is 1. The number of halogens is 1. The fourth-order valence-corrected chi connectivity index (χ4v) is 4.76. The minimum atomic E-state index is -3.13. The molecule has 18 heavy (non-hydrogen) atoms. The molecule has 2 unspecified atom stereocenters. The molecular formula is C13H18FNO2S. The smallest absolute Gasteiger partial charge is 0.155 e. The summed E-state index contributed by atoms with van der Waals surface area (Å²) in [6.45, 7) is 0. The van der Waals surface area contributed by atoms with E-state index in [0.29, 0.717) is 18.4 Å². The van der Waals surface area contributed by atoms with Crippen LogP contribution in [0, 0.1) is 5.82 Å². The first-order valence-corrected chi connectivity index (χ1v) is 7.91. The Morgan fingerprint density at radius 2 is 2.06 bits per heavy atom. The standard InChI is InChI=1S/C13H18FNO2S/c1-15-13(10-6-2-3-7-11(10)14)12-8-4-5-9-18(12,16)17/h2-3,6-7,12-13,15H,4-5,8-9H2,1H3. The molecule has 0 spiro atoms. The average molecular weight is 271 g/mol. The van der Waals surface area contributed by atoms with Crippen molar-refractivity contribution >= 4 is 9.84 Å². The van der Waals surface area contributed by atoms with Crippen molar-refractivity contribution in [1.29, 1.82) is 0 Å². The maximum Gasteiger partial charge on any atom is 0.155 e. The Hall–Kier alpha value is -0.940. The highest BCUT2D eigenvalue weighted by molar-refractivity contribution is 7.92. The Kier molecular flexibility index (Phi) is 4.02. The molecule has 1 heterocycles. The topological polar surface area (TPSA) is 46.2 Å². The van der Waals surface area contributed by atoms with Crippen LogP contribution in [0.2, 0.25) is 0 Å². The second-order valence-corrected chi connectivity index (χ2v) is 7.03. The van der Waals surface area contributed by atoms with E-state index < -0.39 is 21.1 Å². The molecular weight excluding hydrogens is 253 g/mol. The lowest BCUT2D eigenvalue weighted by Crippen LogP contribution is -2.39. The van der Waals surface area contributed by atoms with Crippen molar-refractivity contribution in [2.75, 3.05) is 12.8 Å². The van der Waals surface area contributed by atoms with Crippen LogP contribution in [0.3, 0.4) is 0 Å². The van der Waals surface area contributed by atoms with Crippen molar-refractivity contribution in [3.63, 3.8) is 0 Å². The maximum absolute atomic E-state index is 13.8. The van der Waals surface area contributed by atoms with Crippen molar-refractivity contribution < 1.29 is 12.8 Å². The first kappa shape index (κ1) is 13.5. The molecule has 1 aliphatic heterocycles. The molecule has 0 aliphatic carbocycles. The van der Waals surface area contributed by atoms with Crippen molar-refractivity contribution in [3.05, 3.63) is 35.6 Å². The van der Waals surface area contributed by atoms with Crippen molar-refractivity contribution in [1.82, 2.24) is 5.32 Å². The number of rotatable bonds is 3. The van der Waals surface area contributed by atoms with E-state index in [-0.39, 0.29) is 11.6 Å². The van der Waals surface area contributed by atoms with Gasteiger partial charge < -0.3 is 5.32 Å². The third-order valence-electron chi connectivity index (χ3n) is 3.55. The van der Waals surface area contributed by atoms with Gasteiger partial charge in [0.25, 0.3) is 0 Å². The Bertz CT molecular complexity index is 515. The molecule has 0 radical (unpaired) electrons. The molecule has 2 atom stereocenters. The van der Waals surface area contributed by atoms with Crippen LogP contribution < -0.4 is 5.32 Å². The number of sulfone groups is 1. The fraction of sp³-hybridized carbons (Fsp3) is 0.538. The molecule has 1 saturated heterocycles. The highest BCUT2D eigenvalue weighted by Gasteiger charge is 2.36. The van der Waals surface area contributed by atoms with Crippen LogP contribution in [0.1, 0.15) is 30.9 Å². The highest BCUT2D eigenvalue weighted by Crippen LogP contribution is 2.31. The van der Waals surface area contributed by atoms with Gasteiger partial charge in [0.15, 0.2) is 9.84 Å². The molecule has 1 fully saturated rings. The van der Waals surface area contributed by atoms with Crippen LogP contribution in [0.15, 0.2) is 24.3 Å². The molecule has 0 saturated carbocycles. The maximum atomic E-state index is 13.8. The van der Waals surface area contributed by atoms with Crippen molar-refractivity contribution in [2.24, 2.45) is 0 Å². The van der Waals surface area contributed by atoms with E-state index in [1.54, 1.807) is 25.2 Å². The van der Waals surface area contributed by atoms with Crippen LogP contribution in [0.4, 0.5) is 4.39 Å². The van der Waals surface area contributed by atoms with E-state index in [4.69, 9.17) is 0 Å². The summed E-state index contributed by atoms with van der Waals surface area (Å²) >= 11 is 0. The molecule has 1 N–H and O–H groups in total. The average Bonchev–Trinajstić information content (AvgIpc) is 2.34. The van der Waals surface area contributed by atoms with E-state index in [1.165, 1.54) is 6.07 Å². The molecule has 1 aromatic rings. The van der Waals surface area contributed by atoms with Crippen LogP contribution in [0.5, 0.6) is 0 Å². The number of hydrogen-bond donors (Lipinski definition) is 1. The fourth-order valence-electron chi connectivity index (χ4n) is 2.62. The molecule has 0 amide bonds. The Labute approximate surface area is 107 Å². The third-order valence-corrected chi connectivity index (χ3v) is 5.84. The van der Waals surface area contributed by atoms with E-state index in [0.717, 1.165) is 6.42 Å². The summed E-state index contributed by atoms with van der Waals surface area (Å²) in [7, 11) is -1.45. The van der Waals surface area contributed by atoms with Gasteiger partial charge in [-0.15, -0.1) is 0 Å². The molecule has 3 nitrogen and oxygen atoms in total. The SMILES string of the molecule is CNC(c1ccccc1F)C1CCCCS1(=O)=O. The van der Waals surface area contributed by atoms with Gasteiger partial charge in [0.05, 0.1) is 17.0 Å². The van der Waals surface area contributed by atoms with Gasteiger partial charge in [0, 0.05) is 5.56 Å². The molecule has 1 aliphatic rings. The second-order valence-electron chi connectivity index (χ2n) is 4.69. The van der Waals surface area contributed by atoms with E-state index in [2.05, 4.69) is 5.32 Å². The van der Waals surface area contributed by atoms with E-state index in [9.17, 15) is 12.8 Å².